The zero-order valence-corrected chi connectivity index (χ0v) is 14.6. The van der Waals surface area contributed by atoms with Gasteiger partial charge in [0, 0.05) is 36.7 Å². The summed E-state index contributed by atoms with van der Waals surface area (Å²) in [5.74, 6) is -0.190. The lowest BCUT2D eigenvalue weighted by Crippen LogP contribution is -2.40. The lowest BCUT2D eigenvalue weighted by atomic mass is 10.1. The maximum Gasteiger partial charge on any atom is 0.254 e. The monoisotopic (exact) mass is 351 g/mol. The largest absolute Gasteiger partial charge is 0.335 e. The molecule has 0 bridgehead atoms. The van der Waals surface area contributed by atoms with Gasteiger partial charge in [0.1, 0.15) is 11.5 Å². The van der Waals surface area contributed by atoms with Gasteiger partial charge in [0.25, 0.3) is 5.91 Å². The summed E-state index contributed by atoms with van der Waals surface area (Å²) < 4.78 is 15.3. The maximum absolute atomic E-state index is 13.4. The molecular formula is C21H22FN3O. The third-order valence-electron chi connectivity index (χ3n) is 5.20. The predicted molar refractivity (Wildman–Crippen MR) is 98.6 cm³/mol. The normalized spacial score (nSPS) is 14.8. The Morgan fingerprint density at radius 2 is 2.04 bits per heavy atom. The molecule has 0 radical (unpaired) electrons. The van der Waals surface area contributed by atoms with Crippen LogP contribution in [0.3, 0.4) is 0 Å². The van der Waals surface area contributed by atoms with Crippen LogP contribution in [-0.4, -0.2) is 32.8 Å². The summed E-state index contributed by atoms with van der Waals surface area (Å²) >= 11 is 0. The van der Waals surface area contributed by atoms with Crippen molar-refractivity contribution in [3.8, 4) is 0 Å². The molecule has 0 unspecified atom stereocenters. The van der Waals surface area contributed by atoms with Crippen LogP contribution in [-0.2, 0) is 6.42 Å². The Hall–Kier alpha value is -2.69. The summed E-state index contributed by atoms with van der Waals surface area (Å²) in [4.78, 5) is 19.5. The Balaban J connectivity index is 1.56. The first kappa shape index (κ1) is 16.8. The molecule has 0 N–H and O–H groups in total. The number of pyridine rings is 1. The molecule has 4 rings (SSSR count). The lowest BCUT2D eigenvalue weighted by Gasteiger charge is -2.29. The average Bonchev–Trinajstić information content (AvgIpc) is 3.33. The molecule has 134 valence electrons. The SMILES string of the molecule is O=C(c1ccn2ccnc2c1)N(CCc1cccc(F)c1)C1CCCC1. The van der Waals surface area contributed by atoms with Gasteiger partial charge in [0.05, 0.1) is 0 Å². The molecule has 3 aromatic rings. The first-order valence-electron chi connectivity index (χ1n) is 9.19. The van der Waals surface area contributed by atoms with E-state index in [0.717, 1.165) is 36.9 Å². The number of benzene rings is 1. The van der Waals surface area contributed by atoms with Crippen LogP contribution in [0.25, 0.3) is 5.65 Å². The molecule has 2 heterocycles. The fourth-order valence-electron chi connectivity index (χ4n) is 3.82. The van der Waals surface area contributed by atoms with E-state index in [1.54, 1.807) is 18.3 Å². The molecule has 0 saturated heterocycles. The van der Waals surface area contributed by atoms with E-state index in [4.69, 9.17) is 0 Å². The molecule has 5 heteroatoms. The molecule has 1 amide bonds. The van der Waals surface area contributed by atoms with Gasteiger partial charge in [-0.25, -0.2) is 9.37 Å². The van der Waals surface area contributed by atoms with Crippen LogP contribution in [0.5, 0.6) is 0 Å². The second-order valence-corrected chi connectivity index (χ2v) is 6.92. The van der Waals surface area contributed by atoms with Crippen LogP contribution in [0.4, 0.5) is 4.39 Å². The molecular weight excluding hydrogens is 329 g/mol. The minimum atomic E-state index is -0.231. The van der Waals surface area contributed by atoms with Crippen LogP contribution in [0, 0.1) is 5.82 Å². The minimum absolute atomic E-state index is 0.0406. The summed E-state index contributed by atoms with van der Waals surface area (Å²) in [6.07, 6.45) is 10.5. The topological polar surface area (TPSA) is 37.6 Å². The molecule has 1 fully saturated rings. The summed E-state index contributed by atoms with van der Waals surface area (Å²) in [6, 6.07) is 10.6. The van der Waals surface area contributed by atoms with Crippen LogP contribution >= 0.6 is 0 Å². The van der Waals surface area contributed by atoms with Crippen molar-refractivity contribution in [3.63, 3.8) is 0 Å². The average molecular weight is 351 g/mol. The van der Waals surface area contributed by atoms with Crippen molar-refractivity contribution in [2.24, 2.45) is 0 Å². The van der Waals surface area contributed by atoms with Gasteiger partial charge in [-0.1, -0.05) is 25.0 Å². The molecule has 2 aromatic heterocycles. The Labute approximate surface area is 152 Å². The van der Waals surface area contributed by atoms with Crippen molar-refractivity contribution in [1.29, 1.82) is 0 Å². The van der Waals surface area contributed by atoms with Crippen molar-refractivity contribution < 1.29 is 9.18 Å². The van der Waals surface area contributed by atoms with E-state index in [-0.39, 0.29) is 17.8 Å². The number of rotatable bonds is 5. The number of hydrogen-bond acceptors (Lipinski definition) is 2. The van der Waals surface area contributed by atoms with Crippen LogP contribution in [0.15, 0.2) is 55.0 Å². The maximum atomic E-state index is 13.4. The van der Waals surface area contributed by atoms with Crippen LogP contribution < -0.4 is 0 Å². The second-order valence-electron chi connectivity index (χ2n) is 6.92. The van der Waals surface area contributed by atoms with Crippen molar-refractivity contribution in [1.82, 2.24) is 14.3 Å². The number of carbonyl (C=O) groups excluding carboxylic acids is 1. The summed E-state index contributed by atoms with van der Waals surface area (Å²) in [6.45, 7) is 0.604. The number of amides is 1. The van der Waals surface area contributed by atoms with Gasteiger partial charge in [0.2, 0.25) is 0 Å². The molecule has 26 heavy (non-hydrogen) atoms. The van der Waals surface area contributed by atoms with E-state index >= 15 is 0 Å². The Morgan fingerprint density at radius 1 is 1.19 bits per heavy atom. The van der Waals surface area contributed by atoms with Crippen LogP contribution in [0.1, 0.15) is 41.6 Å². The van der Waals surface area contributed by atoms with Gasteiger partial charge < -0.3 is 9.30 Å². The predicted octanol–water partition coefficient (Wildman–Crippen LogP) is 4.10. The Morgan fingerprint density at radius 3 is 2.85 bits per heavy atom. The number of halogens is 1. The molecule has 1 aromatic carbocycles. The standard InChI is InChI=1S/C21H22FN3O/c22-18-5-3-4-16(14-18)8-12-25(19-6-1-2-7-19)21(26)17-9-11-24-13-10-23-20(24)15-17/h3-5,9-11,13-15,19H,1-2,6-8,12H2. The number of hydrogen-bond donors (Lipinski definition) is 0. The van der Waals surface area contributed by atoms with E-state index in [2.05, 4.69) is 4.98 Å². The summed E-state index contributed by atoms with van der Waals surface area (Å²) in [5, 5.41) is 0. The van der Waals surface area contributed by atoms with Gasteiger partial charge in [0.15, 0.2) is 0 Å². The second kappa shape index (κ2) is 7.28. The minimum Gasteiger partial charge on any atom is -0.335 e. The van der Waals surface area contributed by atoms with E-state index < -0.39 is 0 Å². The van der Waals surface area contributed by atoms with Crippen LogP contribution in [0.2, 0.25) is 0 Å². The number of nitrogens with zero attached hydrogens (tertiary/aromatic N) is 3. The molecule has 1 aliphatic rings. The fraction of sp³-hybridized carbons (Fsp3) is 0.333. The smallest absolute Gasteiger partial charge is 0.254 e. The highest BCUT2D eigenvalue weighted by molar-refractivity contribution is 5.95. The highest BCUT2D eigenvalue weighted by atomic mass is 19.1. The van der Waals surface area contributed by atoms with Gasteiger partial charge >= 0.3 is 0 Å². The Kier molecular flexibility index (Phi) is 4.69. The highest BCUT2D eigenvalue weighted by Gasteiger charge is 2.27. The molecule has 4 nitrogen and oxygen atoms in total. The lowest BCUT2D eigenvalue weighted by molar-refractivity contribution is 0.0684. The fourth-order valence-corrected chi connectivity index (χ4v) is 3.82. The van der Waals surface area contributed by atoms with Crippen molar-refractivity contribution >= 4 is 11.6 Å². The highest BCUT2D eigenvalue weighted by Crippen LogP contribution is 2.25. The third kappa shape index (κ3) is 3.47. The summed E-state index contributed by atoms with van der Waals surface area (Å²) in [7, 11) is 0. The number of imidazole rings is 1. The zero-order valence-electron chi connectivity index (χ0n) is 14.6. The van der Waals surface area contributed by atoms with E-state index in [0.29, 0.717) is 18.5 Å². The van der Waals surface area contributed by atoms with Crippen molar-refractivity contribution in [3.05, 3.63) is 71.9 Å². The number of aromatic nitrogens is 2. The third-order valence-corrected chi connectivity index (χ3v) is 5.20. The van der Waals surface area contributed by atoms with Crippen molar-refractivity contribution in [2.75, 3.05) is 6.54 Å². The van der Waals surface area contributed by atoms with Crippen molar-refractivity contribution in [2.45, 2.75) is 38.1 Å². The molecule has 0 aliphatic heterocycles. The molecule has 0 spiro atoms. The molecule has 1 aliphatic carbocycles. The number of carbonyl (C=O) groups is 1. The van der Waals surface area contributed by atoms with Gasteiger partial charge in [-0.05, 0) is 49.1 Å². The molecule has 0 atom stereocenters. The number of fused-ring (bicyclic) bond motifs is 1. The summed E-state index contributed by atoms with van der Waals surface area (Å²) in [5.41, 5.74) is 2.35. The zero-order chi connectivity index (χ0) is 17.9. The van der Waals surface area contributed by atoms with Gasteiger partial charge in [-0.15, -0.1) is 0 Å². The first-order chi connectivity index (χ1) is 12.7. The van der Waals surface area contributed by atoms with Gasteiger partial charge in [-0.3, -0.25) is 4.79 Å². The first-order valence-corrected chi connectivity index (χ1v) is 9.19. The quantitative estimate of drug-likeness (QED) is 0.694. The molecule has 1 saturated carbocycles. The van der Waals surface area contributed by atoms with Gasteiger partial charge in [-0.2, -0.15) is 0 Å². The van der Waals surface area contributed by atoms with E-state index in [1.165, 1.54) is 6.07 Å². The van der Waals surface area contributed by atoms with E-state index in [1.807, 2.05) is 39.9 Å². The Bertz CT molecular complexity index is 914. The van der Waals surface area contributed by atoms with E-state index in [9.17, 15) is 9.18 Å².